The Morgan fingerprint density at radius 1 is 1.35 bits per heavy atom. The highest BCUT2D eigenvalue weighted by atomic mass is 19.3. The van der Waals surface area contributed by atoms with Crippen LogP contribution in [0, 0.1) is 5.82 Å². The first kappa shape index (κ1) is 15.8. The standard InChI is InChI=1S/C12H12F3NO4/c1-6(11(18)19)16(2)10(17)8-4-3-7(13)5-9(8)20-12(14)15/h3-6,12H,1-2H3,(H,18,19). The van der Waals surface area contributed by atoms with E-state index in [0.717, 1.165) is 17.0 Å². The number of halogens is 3. The second-order valence-corrected chi connectivity index (χ2v) is 3.95. The summed E-state index contributed by atoms with van der Waals surface area (Å²) in [5.41, 5.74) is -0.345. The monoisotopic (exact) mass is 291 g/mol. The van der Waals surface area contributed by atoms with Gasteiger partial charge < -0.3 is 14.7 Å². The molecule has 110 valence electrons. The molecule has 0 fully saturated rings. The van der Waals surface area contributed by atoms with Gasteiger partial charge in [0, 0.05) is 13.1 Å². The zero-order valence-electron chi connectivity index (χ0n) is 10.6. The molecule has 0 heterocycles. The quantitative estimate of drug-likeness (QED) is 0.900. The predicted molar refractivity (Wildman–Crippen MR) is 62.2 cm³/mol. The van der Waals surface area contributed by atoms with Gasteiger partial charge in [0.15, 0.2) is 0 Å². The van der Waals surface area contributed by atoms with E-state index in [2.05, 4.69) is 4.74 Å². The fourth-order valence-electron chi connectivity index (χ4n) is 1.40. The smallest absolute Gasteiger partial charge is 0.387 e. The molecular formula is C12H12F3NO4. The van der Waals surface area contributed by atoms with E-state index in [4.69, 9.17) is 5.11 Å². The first-order valence-electron chi connectivity index (χ1n) is 5.48. The van der Waals surface area contributed by atoms with Gasteiger partial charge in [-0.05, 0) is 19.1 Å². The summed E-state index contributed by atoms with van der Waals surface area (Å²) in [5.74, 6) is -3.63. The van der Waals surface area contributed by atoms with Gasteiger partial charge >= 0.3 is 12.6 Å². The number of carboxylic acid groups (broad SMARTS) is 1. The molecule has 8 heteroatoms. The first-order chi connectivity index (χ1) is 9.23. The molecule has 1 atom stereocenters. The Balaban J connectivity index is 3.12. The van der Waals surface area contributed by atoms with Crippen LogP contribution in [0.4, 0.5) is 13.2 Å². The van der Waals surface area contributed by atoms with Crippen molar-refractivity contribution in [2.24, 2.45) is 0 Å². The number of carboxylic acids is 1. The highest BCUT2D eigenvalue weighted by molar-refractivity contribution is 5.98. The number of carbonyl (C=O) groups is 2. The van der Waals surface area contributed by atoms with Crippen molar-refractivity contribution >= 4 is 11.9 Å². The molecule has 1 N–H and O–H groups in total. The van der Waals surface area contributed by atoms with E-state index in [1.807, 2.05) is 0 Å². The molecule has 1 aromatic carbocycles. The summed E-state index contributed by atoms with van der Waals surface area (Å²) in [7, 11) is 1.19. The third kappa shape index (κ3) is 3.62. The van der Waals surface area contributed by atoms with E-state index in [1.165, 1.54) is 14.0 Å². The number of amides is 1. The first-order valence-corrected chi connectivity index (χ1v) is 5.48. The van der Waals surface area contributed by atoms with E-state index in [1.54, 1.807) is 0 Å². The van der Waals surface area contributed by atoms with Gasteiger partial charge in [0.25, 0.3) is 5.91 Å². The lowest BCUT2D eigenvalue weighted by Gasteiger charge is -2.22. The zero-order valence-corrected chi connectivity index (χ0v) is 10.6. The Kier molecular flexibility index (Phi) is 4.95. The number of nitrogens with zero attached hydrogens (tertiary/aromatic N) is 1. The number of benzene rings is 1. The van der Waals surface area contributed by atoms with Crippen molar-refractivity contribution in [2.45, 2.75) is 19.6 Å². The summed E-state index contributed by atoms with van der Waals surface area (Å²) < 4.78 is 41.5. The van der Waals surface area contributed by atoms with Gasteiger partial charge in [-0.1, -0.05) is 0 Å². The number of alkyl halides is 2. The van der Waals surface area contributed by atoms with Crippen molar-refractivity contribution < 1.29 is 32.6 Å². The average molecular weight is 291 g/mol. The van der Waals surface area contributed by atoms with Crippen molar-refractivity contribution in [1.82, 2.24) is 4.90 Å². The Bertz CT molecular complexity index is 521. The summed E-state index contributed by atoms with van der Waals surface area (Å²) in [6.45, 7) is -1.98. The van der Waals surface area contributed by atoms with E-state index in [9.17, 15) is 22.8 Å². The molecule has 0 bridgehead atoms. The summed E-state index contributed by atoms with van der Waals surface area (Å²) in [6, 6.07) is 1.32. The van der Waals surface area contributed by atoms with Gasteiger partial charge in [-0.25, -0.2) is 9.18 Å². The van der Waals surface area contributed by atoms with E-state index in [-0.39, 0.29) is 5.56 Å². The molecule has 0 radical (unpaired) electrons. The molecule has 1 amide bonds. The highest BCUT2D eigenvalue weighted by Crippen LogP contribution is 2.23. The van der Waals surface area contributed by atoms with E-state index >= 15 is 0 Å². The molecule has 5 nitrogen and oxygen atoms in total. The number of ether oxygens (including phenoxy) is 1. The van der Waals surface area contributed by atoms with Crippen molar-refractivity contribution in [3.8, 4) is 5.75 Å². The minimum Gasteiger partial charge on any atom is -0.480 e. The van der Waals surface area contributed by atoms with Gasteiger partial charge in [-0.2, -0.15) is 8.78 Å². The van der Waals surface area contributed by atoms with Crippen LogP contribution in [0.25, 0.3) is 0 Å². The average Bonchev–Trinajstić information content (AvgIpc) is 2.35. The number of carbonyl (C=O) groups excluding carboxylic acids is 1. The molecule has 0 aromatic heterocycles. The largest absolute Gasteiger partial charge is 0.480 e. The molecule has 0 aliphatic carbocycles. The maximum atomic E-state index is 13.0. The van der Waals surface area contributed by atoms with Crippen LogP contribution in [0.15, 0.2) is 18.2 Å². The van der Waals surface area contributed by atoms with Crippen LogP contribution >= 0.6 is 0 Å². The Labute approximate surface area is 112 Å². The highest BCUT2D eigenvalue weighted by Gasteiger charge is 2.26. The lowest BCUT2D eigenvalue weighted by Crippen LogP contribution is -2.40. The zero-order chi connectivity index (χ0) is 15.4. The van der Waals surface area contributed by atoms with Crippen molar-refractivity contribution in [3.05, 3.63) is 29.6 Å². The third-order valence-electron chi connectivity index (χ3n) is 2.65. The van der Waals surface area contributed by atoms with Gasteiger partial charge in [0.2, 0.25) is 0 Å². The predicted octanol–water partition coefficient (Wildman–Crippen LogP) is 1.97. The number of likely N-dealkylation sites (N-methyl/N-ethyl adjacent to an activating group) is 1. The summed E-state index contributed by atoms with van der Waals surface area (Å²) >= 11 is 0. The van der Waals surface area contributed by atoms with E-state index in [0.29, 0.717) is 6.07 Å². The molecule has 1 aromatic rings. The maximum absolute atomic E-state index is 13.0. The second-order valence-electron chi connectivity index (χ2n) is 3.95. The summed E-state index contributed by atoms with van der Waals surface area (Å²) in [5, 5.41) is 8.80. The molecular weight excluding hydrogens is 279 g/mol. The summed E-state index contributed by atoms with van der Waals surface area (Å²) in [6.07, 6.45) is 0. The van der Waals surface area contributed by atoms with Crippen LogP contribution < -0.4 is 4.74 Å². The molecule has 0 saturated heterocycles. The van der Waals surface area contributed by atoms with Crippen LogP contribution in [0.3, 0.4) is 0 Å². The van der Waals surface area contributed by atoms with Crippen LogP contribution in [0.5, 0.6) is 5.75 Å². The molecule has 0 saturated carbocycles. The van der Waals surface area contributed by atoms with Crippen LogP contribution in [0.2, 0.25) is 0 Å². The van der Waals surface area contributed by atoms with Crippen LogP contribution in [-0.2, 0) is 4.79 Å². The van der Waals surface area contributed by atoms with Gasteiger partial charge in [0.05, 0.1) is 5.56 Å². The lowest BCUT2D eigenvalue weighted by molar-refractivity contribution is -0.141. The molecule has 0 aliphatic rings. The van der Waals surface area contributed by atoms with Gasteiger partial charge in [-0.15, -0.1) is 0 Å². The van der Waals surface area contributed by atoms with Crippen molar-refractivity contribution in [2.75, 3.05) is 7.05 Å². The molecule has 0 aliphatic heterocycles. The van der Waals surface area contributed by atoms with E-state index < -0.39 is 36.1 Å². The minimum atomic E-state index is -3.23. The minimum absolute atomic E-state index is 0.345. The summed E-state index contributed by atoms with van der Waals surface area (Å²) in [4.78, 5) is 23.6. The number of rotatable bonds is 5. The Hall–Kier alpha value is -2.25. The Morgan fingerprint density at radius 2 is 1.95 bits per heavy atom. The second kappa shape index (κ2) is 6.27. The molecule has 1 rings (SSSR count). The third-order valence-corrected chi connectivity index (χ3v) is 2.65. The fourth-order valence-corrected chi connectivity index (χ4v) is 1.40. The number of aliphatic carboxylic acids is 1. The fraction of sp³-hybridized carbons (Fsp3) is 0.333. The van der Waals surface area contributed by atoms with Crippen LogP contribution in [-0.4, -0.2) is 41.6 Å². The topological polar surface area (TPSA) is 66.8 Å². The number of hydrogen-bond acceptors (Lipinski definition) is 3. The maximum Gasteiger partial charge on any atom is 0.387 e. The van der Waals surface area contributed by atoms with Crippen LogP contribution in [0.1, 0.15) is 17.3 Å². The lowest BCUT2D eigenvalue weighted by atomic mass is 10.1. The van der Waals surface area contributed by atoms with Gasteiger partial charge in [-0.3, -0.25) is 4.79 Å². The normalized spacial score (nSPS) is 12.1. The van der Waals surface area contributed by atoms with Crippen molar-refractivity contribution in [3.63, 3.8) is 0 Å². The molecule has 1 unspecified atom stereocenters. The number of hydrogen-bond donors (Lipinski definition) is 1. The Morgan fingerprint density at radius 3 is 2.45 bits per heavy atom. The molecule has 0 spiro atoms. The van der Waals surface area contributed by atoms with Gasteiger partial charge in [0.1, 0.15) is 17.6 Å². The molecule has 20 heavy (non-hydrogen) atoms. The van der Waals surface area contributed by atoms with Crippen molar-refractivity contribution in [1.29, 1.82) is 0 Å². The SMILES string of the molecule is CC(C(=O)O)N(C)C(=O)c1ccc(F)cc1OC(F)F.